The number of hydrogen-bond donors (Lipinski definition) is 6. The fourth-order valence-corrected chi connectivity index (χ4v) is 6.88. The predicted molar refractivity (Wildman–Crippen MR) is 203 cm³/mol. The molecule has 310 valence electrons. The Hall–Kier alpha value is -1.67. The van der Waals surface area contributed by atoms with Crippen LogP contribution in [0.1, 0.15) is 155 Å². The van der Waals surface area contributed by atoms with E-state index < -0.39 is 75.7 Å². The molecule has 0 saturated heterocycles. The Balaban J connectivity index is 2.54. The van der Waals surface area contributed by atoms with Crippen LogP contribution >= 0.6 is 7.82 Å². The first-order valence-corrected chi connectivity index (χ1v) is 21.6. The molecule has 0 amide bonds. The third-order valence-corrected chi connectivity index (χ3v) is 10.3. The highest BCUT2D eigenvalue weighted by molar-refractivity contribution is 7.47. The predicted octanol–water partition coefficient (Wildman–Crippen LogP) is 6.50. The lowest BCUT2D eigenvalue weighted by molar-refractivity contribution is -0.220. The standard InChI is InChI=1S/C39H71O13P/c1-3-5-7-9-11-13-15-16-18-20-22-24-26-28-33(41)51-31(29-49-32(40)27-25-23-21-19-17-14-12-10-8-6-4-2)30-50-53(47,48)52-39-37(45)35(43)34(42)36(44)38(39)46/h10,12-13,15,31,34-39,42-46H,3-9,11,14,16-30H2,1-2H3,(H,47,48)/b12-10-,15-13-. The zero-order chi connectivity index (χ0) is 39.3. The first kappa shape index (κ1) is 49.3. The number of esters is 2. The number of carbonyl (C=O) groups excluding carboxylic acids is 2. The Morgan fingerprint density at radius 3 is 1.49 bits per heavy atom. The largest absolute Gasteiger partial charge is 0.472 e. The van der Waals surface area contributed by atoms with Crippen molar-refractivity contribution >= 4 is 19.8 Å². The molecule has 1 saturated carbocycles. The van der Waals surface area contributed by atoms with Gasteiger partial charge in [-0.05, 0) is 57.8 Å². The van der Waals surface area contributed by atoms with Crippen LogP contribution in [0.5, 0.6) is 0 Å². The van der Waals surface area contributed by atoms with Crippen molar-refractivity contribution in [2.75, 3.05) is 13.2 Å². The minimum Gasteiger partial charge on any atom is -0.462 e. The van der Waals surface area contributed by atoms with Crippen LogP contribution in [0.25, 0.3) is 0 Å². The topological polar surface area (TPSA) is 210 Å². The molecule has 0 aliphatic heterocycles. The number of ether oxygens (including phenoxy) is 2. The number of allylic oxidation sites excluding steroid dienone is 4. The fraction of sp³-hybridized carbons (Fsp3) is 0.846. The maximum Gasteiger partial charge on any atom is 0.472 e. The number of carbonyl (C=O) groups is 2. The Bertz CT molecular complexity index is 1040. The molecule has 53 heavy (non-hydrogen) atoms. The monoisotopic (exact) mass is 778 g/mol. The zero-order valence-electron chi connectivity index (χ0n) is 32.3. The van der Waals surface area contributed by atoms with Gasteiger partial charge in [-0.3, -0.25) is 18.6 Å². The van der Waals surface area contributed by atoms with Gasteiger partial charge in [-0.15, -0.1) is 0 Å². The van der Waals surface area contributed by atoms with Gasteiger partial charge in [0.25, 0.3) is 0 Å². The SMILES string of the molecule is CCCC/C=C\CCCCCCCC(=O)OCC(COP(=O)(O)OC1C(O)C(O)C(O)C(O)C1O)OC(=O)CCCCCCC/C=C\CCCCCC. The minimum absolute atomic E-state index is 0.0858. The van der Waals surface area contributed by atoms with Crippen molar-refractivity contribution in [3.8, 4) is 0 Å². The summed E-state index contributed by atoms with van der Waals surface area (Å²) < 4.78 is 33.3. The van der Waals surface area contributed by atoms with Crippen molar-refractivity contribution in [1.29, 1.82) is 0 Å². The van der Waals surface area contributed by atoms with Crippen molar-refractivity contribution in [3.05, 3.63) is 24.3 Å². The number of unbranched alkanes of at least 4 members (excludes halogenated alkanes) is 16. The van der Waals surface area contributed by atoms with Gasteiger partial charge in [0.05, 0.1) is 6.61 Å². The highest BCUT2D eigenvalue weighted by atomic mass is 31.2. The molecular weight excluding hydrogens is 707 g/mol. The molecule has 0 heterocycles. The first-order chi connectivity index (χ1) is 25.4. The third-order valence-electron chi connectivity index (χ3n) is 9.27. The van der Waals surface area contributed by atoms with Gasteiger partial charge >= 0.3 is 19.8 Å². The molecule has 0 aromatic rings. The van der Waals surface area contributed by atoms with Crippen LogP contribution in [0.4, 0.5) is 0 Å². The molecular formula is C39H71O13P. The van der Waals surface area contributed by atoms with Gasteiger partial charge in [0, 0.05) is 12.8 Å². The van der Waals surface area contributed by atoms with Crippen LogP contribution in [-0.4, -0.2) is 98.3 Å². The molecule has 6 N–H and O–H groups in total. The quantitative estimate of drug-likeness (QED) is 0.0187. The van der Waals surface area contributed by atoms with Gasteiger partial charge in [0.2, 0.25) is 0 Å². The Morgan fingerprint density at radius 1 is 0.566 bits per heavy atom. The van der Waals surface area contributed by atoms with Gasteiger partial charge < -0.3 is 39.9 Å². The van der Waals surface area contributed by atoms with E-state index in [-0.39, 0.29) is 12.8 Å². The average molecular weight is 779 g/mol. The van der Waals surface area contributed by atoms with E-state index in [0.29, 0.717) is 12.8 Å². The number of rotatable bonds is 32. The van der Waals surface area contributed by atoms with E-state index in [9.17, 15) is 44.6 Å². The van der Waals surface area contributed by atoms with Crippen molar-refractivity contribution in [1.82, 2.24) is 0 Å². The van der Waals surface area contributed by atoms with E-state index in [2.05, 4.69) is 38.2 Å². The molecule has 0 radical (unpaired) electrons. The Labute approximate surface area is 317 Å². The molecule has 1 rings (SSSR count). The van der Waals surface area contributed by atoms with Crippen LogP contribution in [-0.2, 0) is 32.7 Å². The summed E-state index contributed by atoms with van der Waals surface area (Å²) >= 11 is 0. The normalized spacial score (nSPS) is 23.7. The molecule has 1 aliphatic rings. The molecule has 0 spiro atoms. The lowest BCUT2D eigenvalue weighted by Gasteiger charge is -2.41. The number of phosphoric acid groups is 1. The minimum atomic E-state index is -5.11. The van der Waals surface area contributed by atoms with Gasteiger partial charge in [-0.25, -0.2) is 4.57 Å². The molecule has 0 aromatic heterocycles. The molecule has 6 atom stereocenters. The summed E-state index contributed by atoms with van der Waals surface area (Å²) in [7, 11) is -5.11. The molecule has 13 nitrogen and oxygen atoms in total. The van der Waals surface area contributed by atoms with Crippen LogP contribution in [0, 0.1) is 0 Å². The summed E-state index contributed by atoms with van der Waals surface area (Å²) in [6.07, 6.45) is 16.8. The average Bonchev–Trinajstić information content (AvgIpc) is 3.13. The van der Waals surface area contributed by atoms with Crippen LogP contribution < -0.4 is 0 Å². The molecule has 14 heteroatoms. The van der Waals surface area contributed by atoms with Crippen LogP contribution in [0.15, 0.2) is 24.3 Å². The van der Waals surface area contributed by atoms with Gasteiger partial charge in [0.1, 0.15) is 43.2 Å². The highest BCUT2D eigenvalue weighted by Crippen LogP contribution is 2.47. The summed E-state index contributed by atoms with van der Waals surface area (Å²) in [4.78, 5) is 35.4. The second-order valence-corrected chi connectivity index (χ2v) is 15.5. The molecule has 1 aliphatic carbocycles. The number of aliphatic hydroxyl groups excluding tert-OH is 5. The molecule has 0 aromatic carbocycles. The second kappa shape index (κ2) is 30.5. The number of aliphatic hydroxyl groups is 5. The zero-order valence-corrected chi connectivity index (χ0v) is 33.2. The summed E-state index contributed by atoms with van der Waals surface area (Å²) in [5.74, 6) is -1.12. The molecule has 1 fully saturated rings. The maximum atomic E-state index is 12.7. The molecule has 0 bridgehead atoms. The van der Waals surface area contributed by atoms with Crippen LogP contribution in [0.2, 0.25) is 0 Å². The van der Waals surface area contributed by atoms with Crippen molar-refractivity contribution in [2.45, 2.75) is 198 Å². The molecule has 6 unspecified atom stereocenters. The van der Waals surface area contributed by atoms with Crippen LogP contribution in [0.3, 0.4) is 0 Å². The van der Waals surface area contributed by atoms with Crippen molar-refractivity contribution in [3.63, 3.8) is 0 Å². The summed E-state index contributed by atoms with van der Waals surface area (Å²) in [6.45, 7) is 3.19. The van der Waals surface area contributed by atoms with E-state index >= 15 is 0 Å². The lowest BCUT2D eigenvalue weighted by Crippen LogP contribution is -2.64. The third kappa shape index (κ3) is 23.8. The summed E-state index contributed by atoms with van der Waals surface area (Å²) in [5.41, 5.74) is 0. The van der Waals surface area contributed by atoms with Gasteiger partial charge in [-0.2, -0.15) is 0 Å². The number of phosphoric ester groups is 1. The van der Waals surface area contributed by atoms with E-state index in [0.717, 1.165) is 77.0 Å². The van der Waals surface area contributed by atoms with Crippen molar-refractivity contribution in [2.24, 2.45) is 0 Å². The Kier molecular flexibility index (Phi) is 28.4. The lowest BCUT2D eigenvalue weighted by atomic mass is 9.85. The first-order valence-electron chi connectivity index (χ1n) is 20.1. The summed E-state index contributed by atoms with van der Waals surface area (Å²) in [5, 5.41) is 49.9. The van der Waals surface area contributed by atoms with E-state index in [1.54, 1.807) is 0 Å². The van der Waals surface area contributed by atoms with E-state index in [1.165, 1.54) is 38.5 Å². The highest BCUT2D eigenvalue weighted by Gasteiger charge is 2.51. The van der Waals surface area contributed by atoms with E-state index in [1.807, 2.05) is 0 Å². The van der Waals surface area contributed by atoms with Gasteiger partial charge in [0.15, 0.2) is 6.10 Å². The maximum absolute atomic E-state index is 12.7. The van der Waals surface area contributed by atoms with E-state index in [4.69, 9.17) is 18.5 Å². The fourth-order valence-electron chi connectivity index (χ4n) is 5.91. The number of hydrogen-bond acceptors (Lipinski definition) is 12. The van der Waals surface area contributed by atoms with Gasteiger partial charge in [-0.1, -0.05) is 109 Å². The second-order valence-electron chi connectivity index (χ2n) is 14.1. The van der Waals surface area contributed by atoms with Crippen molar-refractivity contribution < 1.29 is 63.1 Å². The smallest absolute Gasteiger partial charge is 0.462 e. The Morgan fingerprint density at radius 2 is 0.981 bits per heavy atom. The summed E-state index contributed by atoms with van der Waals surface area (Å²) in [6, 6.07) is 0.